The van der Waals surface area contributed by atoms with Gasteiger partial charge in [0.25, 0.3) is 5.91 Å². The van der Waals surface area contributed by atoms with Crippen LogP contribution in [0, 0.1) is 11.8 Å². The van der Waals surface area contributed by atoms with Crippen molar-refractivity contribution in [2.45, 2.75) is 57.2 Å². The summed E-state index contributed by atoms with van der Waals surface area (Å²) in [7, 11) is 0. The molecule has 2 aliphatic rings. The van der Waals surface area contributed by atoms with E-state index in [4.69, 9.17) is 4.74 Å². The van der Waals surface area contributed by atoms with Gasteiger partial charge in [0.15, 0.2) is 5.60 Å². The first kappa shape index (κ1) is 25.3. The van der Waals surface area contributed by atoms with Crippen LogP contribution < -0.4 is 4.90 Å². The average Bonchev–Trinajstić information content (AvgIpc) is 3.54. The number of aliphatic hydroxyl groups is 1. The third-order valence-corrected chi connectivity index (χ3v) is 7.77. The molecule has 194 valence electrons. The van der Waals surface area contributed by atoms with Crippen molar-refractivity contribution < 1.29 is 19.0 Å². The normalized spacial score (nSPS) is 26.0. The summed E-state index contributed by atoms with van der Waals surface area (Å²) in [5, 5.41) is 19.0. The topological polar surface area (TPSA) is 80.5 Å². The lowest BCUT2D eigenvalue weighted by molar-refractivity contribution is -0.146. The number of amides is 1. The molecule has 3 aromatic rings. The molecule has 1 amide bonds. The molecule has 0 radical (unpaired) electrons. The summed E-state index contributed by atoms with van der Waals surface area (Å²) in [6, 6.07) is 16.8. The average molecular weight is 505 g/mol. The molecule has 3 heterocycles. The van der Waals surface area contributed by atoms with Gasteiger partial charge in [-0.1, -0.05) is 66.7 Å². The number of alkyl halides is 1. The number of carbonyl (C=O) groups is 1. The molecule has 5 rings (SSSR count). The Kier molecular flexibility index (Phi) is 6.50. The minimum atomic E-state index is -1.58. The minimum absolute atomic E-state index is 0.174. The summed E-state index contributed by atoms with van der Waals surface area (Å²) < 4.78 is 24.0. The molecule has 7 nitrogen and oxygen atoms in total. The number of ether oxygens (including phenoxy) is 1. The van der Waals surface area contributed by atoms with E-state index in [1.807, 2.05) is 61.5 Å². The number of rotatable bonds is 8. The van der Waals surface area contributed by atoms with Crippen molar-refractivity contribution >= 4 is 11.6 Å². The Balaban J connectivity index is 1.41. The van der Waals surface area contributed by atoms with Gasteiger partial charge < -0.3 is 14.7 Å². The molecule has 1 spiro atoms. The van der Waals surface area contributed by atoms with Gasteiger partial charge in [0.05, 0.1) is 18.0 Å². The van der Waals surface area contributed by atoms with Crippen LogP contribution in [0.2, 0.25) is 0 Å². The third-order valence-electron chi connectivity index (χ3n) is 7.77. The van der Waals surface area contributed by atoms with Gasteiger partial charge in [-0.25, -0.2) is 4.39 Å². The van der Waals surface area contributed by atoms with Crippen molar-refractivity contribution in [2.24, 2.45) is 11.8 Å². The first-order valence-corrected chi connectivity index (χ1v) is 12.7. The molecule has 0 saturated carbocycles. The van der Waals surface area contributed by atoms with E-state index in [1.54, 1.807) is 35.7 Å². The molecule has 1 N–H and O–H groups in total. The van der Waals surface area contributed by atoms with Crippen molar-refractivity contribution in [3.05, 3.63) is 90.3 Å². The molecule has 5 atom stereocenters. The number of nitrogens with zero attached hydrogens (tertiary/aromatic N) is 4. The number of halogens is 1. The van der Waals surface area contributed by atoms with Crippen LogP contribution in [0.4, 0.5) is 10.1 Å². The Morgan fingerprint density at radius 2 is 1.92 bits per heavy atom. The van der Waals surface area contributed by atoms with Crippen molar-refractivity contribution in [3.63, 3.8) is 0 Å². The Morgan fingerprint density at radius 1 is 1.22 bits per heavy atom. The van der Waals surface area contributed by atoms with Crippen LogP contribution in [0.15, 0.2) is 73.4 Å². The molecule has 37 heavy (non-hydrogen) atoms. The second-order valence-electron chi connectivity index (χ2n) is 10.5. The highest BCUT2D eigenvalue weighted by molar-refractivity contribution is 6.07. The third kappa shape index (κ3) is 4.18. The highest BCUT2D eigenvalue weighted by Gasteiger charge is 2.65. The van der Waals surface area contributed by atoms with E-state index in [0.717, 1.165) is 16.8 Å². The van der Waals surface area contributed by atoms with Crippen LogP contribution in [0.25, 0.3) is 0 Å². The highest BCUT2D eigenvalue weighted by Crippen LogP contribution is 2.58. The number of para-hydroxylation sites is 1. The van der Waals surface area contributed by atoms with Gasteiger partial charge in [0.1, 0.15) is 17.5 Å². The number of hydrogen-bond acceptors (Lipinski definition) is 5. The quantitative estimate of drug-likeness (QED) is 0.455. The molecule has 8 heteroatoms. The standard InChI is InChI=1S/C29H33FN4O3/c1-5-16-34-23-14-10-9-13-21(23)29(27(34)36)19(2)25(28(3,4)30)24(37-29)15-17-33-18-22(31-32-33)26(35)20-11-7-6-8-12-20/h5-14,18-19,24-26,35H,1,15-17H2,2-4H3/t19-,24+,25-,26-,29+/m1/s1. The summed E-state index contributed by atoms with van der Waals surface area (Å²) in [5.41, 5.74) is -0.107. The molecule has 2 aromatic carbocycles. The number of aryl methyl sites for hydroxylation is 1. The second-order valence-corrected chi connectivity index (χ2v) is 10.5. The summed E-state index contributed by atoms with van der Waals surface area (Å²) in [5.74, 6) is -1.09. The van der Waals surface area contributed by atoms with Gasteiger partial charge in [0.2, 0.25) is 0 Å². The number of hydrogen-bond donors (Lipinski definition) is 1. The first-order chi connectivity index (χ1) is 17.7. The van der Waals surface area contributed by atoms with E-state index in [-0.39, 0.29) is 5.91 Å². The van der Waals surface area contributed by atoms with Gasteiger partial charge in [0, 0.05) is 30.5 Å². The summed E-state index contributed by atoms with van der Waals surface area (Å²) in [6.07, 6.45) is 2.41. The van der Waals surface area contributed by atoms with Crippen molar-refractivity contribution in [1.82, 2.24) is 15.0 Å². The van der Waals surface area contributed by atoms with Crippen LogP contribution >= 0.6 is 0 Å². The molecular weight excluding hydrogens is 471 g/mol. The molecule has 0 bridgehead atoms. The van der Waals surface area contributed by atoms with Crippen LogP contribution in [0.5, 0.6) is 0 Å². The number of aliphatic hydroxyl groups excluding tert-OH is 1. The largest absolute Gasteiger partial charge is 0.382 e. The number of anilines is 1. The van der Waals surface area contributed by atoms with E-state index in [2.05, 4.69) is 16.9 Å². The zero-order valence-electron chi connectivity index (χ0n) is 21.4. The lowest BCUT2D eigenvalue weighted by Gasteiger charge is -2.32. The molecule has 0 unspecified atom stereocenters. The van der Waals surface area contributed by atoms with Crippen LogP contribution in [-0.4, -0.2) is 44.3 Å². The van der Waals surface area contributed by atoms with Gasteiger partial charge in [-0.15, -0.1) is 11.7 Å². The minimum Gasteiger partial charge on any atom is -0.382 e. The maximum atomic E-state index is 15.7. The molecule has 0 aliphatic carbocycles. The Morgan fingerprint density at radius 3 is 2.62 bits per heavy atom. The summed E-state index contributed by atoms with van der Waals surface area (Å²) in [6.45, 7) is 9.59. The molecule has 1 aromatic heterocycles. The Bertz CT molecular complexity index is 1290. The zero-order chi connectivity index (χ0) is 26.4. The molecular formula is C29H33FN4O3. The molecule has 1 fully saturated rings. The van der Waals surface area contributed by atoms with E-state index < -0.39 is 35.3 Å². The van der Waals surface area contributed by atoms with Crippen molar-refractivity contribution in [3.8, 4) is 0 Å². The Hall–Kier alpha value is -3.36. The van der Waals surface area contributed by atoms with Crippen LogP contribution in [-0.2, 0) is 21.7 Å². The summed E-state index contributed by atoms with van der Waals surface area (Å²) >= 11 is 0. The number of carbonyl (C=O) groups excluding carboxylic acids is 1. The van der Waals surface area contributed by atoms with E-state index >= 15 is 4.39 Å². The van der Waals surface area contributed by atoms with Crippen LogP contribution in [0.1, 0.15) is 50.1 Å². The lowest BCUT2D eigenvalue weighted by atomic mass is 9.71. The first-order valence-electron chi connectivity index (χ1n) is 12.7. The molecule has 2 aliphatic heterocycles. The highest BCUT2D eigenvalue weighted by atomic mass is 19.1. The predicted molar refractivity (Wildman–Crippen MR) is 139 cm³/mol. The fraction of sp³-hybridized carbons (Fsp3) is 0.414. The van der Waals surface area contributed by atoms with E-state index in [1.165, 1.54) is 0 Å². The van der Waals surface area contributed by atoms with Gasteiger partial charge in [-0.3, -0.25) is 9.48 Å². The maximum absolute atomic E-state index is 15.7. The van der Waals surface area contributed by atoms with Gasteiger partial charge >= 0.3 is 0 Å². The van der Waals surface area contributed by atoms with Gasteiger partial charge in [-0.05, 0) is 31.9 Å². The second kappa shape index (κ2) is 9.50. The number of fused-ring (bicyclic) bond motifs is 2. The zero-order valence-corrected chi connectivity index (χ0v) is 21.4. The molecule has 1 saturated heterocycles. The number of benzene rings is 2. The monoisotopic (exact) mass is 504 g/mol. The fourth-order valence-electron chi connectivity index (χ4n) is 6.20. The van der Waals surface area contributed by atoms with E-state index in [9.17, 15) is 9.90 Å². The summed E-state index contributed by atoms with van der Waals surface area (Å²) in [4.78, 5) is 15.5. The van der Waals surface area contributed by atoms with Crippen molar-refractivity contribution in [1.29, 1.82) is 0 Å². The number of aromatic nitrogens is 3. The SMILES string of the molecule is C=CCN1C(=O)[C@@]2(O[C@@H](CCn3cc([C@H](O)c4ccccc4)nn3)[C@H](C(C)(C)F)[C@H]2C)c2ccccc21. The van der Waals surface area contributed by atoms with Crippen LogP contribution in [0.3, 0.4) is 0 Å². The predicted octanol–water partition coefficient (Wildman–Crippen LogP) is 4.58. The lowest BCUT2D eigenvalue weighted by Crippen LogP contribution is -2.45. The van der Waals surface area contributed by atoms with Gasteiger partial charge in [-0.2, -0.15) is 0 Å². The Labute approximate surface area is 216 Å². The smallest absolute Gasteiger partial charge is 0.264 e. The van der Waals surface area contributed by atoms with E-state index in [0.29, 0.717) is 25.2 Å². The maximum Gasteiger partial charge on any atom is 0.264 e. The fourth-order valence-corrected chi connectivity index (χ4v) is 6.20. The van der Waals surface area contributed by atoms with Crippen molar-refractivity contribution in [2.75, 3.05) is 11.4 Å².